The molecule has 0 spiro atoms. The summed E-state index contributed by atoms with van der Waals surface area (Å²) in [5.41, 5.74) is 0. The Morgan fingerprint density at radius 3 is 3.00 bits per heavy atom. The molecule has 0 atom stereocenters. The van der Waals surface area contributed by atoms with Crippen LogP contribution >= 0.6 is 22.7 Å². The number of hydrogen-bond donors (Lipinski definition) is 1. The van der Waals surface area contributed by atoms with E-state index in [1.165, 1.54) is 16.2 Å². The third-order valence-electron chi connectivity index (χ3n) is 2.58. The summed E-state index contributed by atoms with van der Waals surface area (Å²) in [6.07, 6.45) is 4.32. The minimum Gasteiger partial charge on any atom is -0.301 e. The molecule has 1 N–H and O–H groups in total. The van der Waals surface area contributed by atoms with Crippen molar-refractivity contribution in [1.82, 2.24) is 10.2 Å². The van der Waals surface area contributed by atoms with E-state index in [0.29, 0.717) is 11.6 Å². The maximum atomic E-state index is 11.7. The predicted molar refractivity (Wildman–Crippen MR) is 79.8 cm³/mol. The molecule has 0 bridgehead atoms. The number of hydrogen-bond acceptors (Lipinski definition) is 5. The van der Waals surface area contributed by atoms with Crippen LogP contribution in [0.25, 0.3) is 0 Å². The monoisotopic (exact) mass is 295 g/mol. The average molecular weight is 295 g/mol. The highest BCUT2D eigenvalue weighted by Crippen LogP contribution is 2.17. The average Bonchev–Trinajstić information content (AvgIpc) is 3.02. The normalized spacial score (nSPS) is 10.6. The fourth-order valence-corrected chi connectivity index (χ4v) is 3.29. The first-order chi connectivity index (χ1) is 9.28. The van der Waals surface area contributed by atoms with Crippen molar-refractivity contribution in [3.63, 3.8) is 0 Å². The molecule has 2 aromatic rings. The summed E-state index contributed by atoms with van der Waals surface area (Å²) in [6, 6.07) is 4.14. The van der Waals surface area contributed by atoms with Crippen LogP contribution in [-0.4, -0.2) is 16.1 Å². The van der Waals surface area contributed by atoms with Gasteiger partial charge in [0.1, 0.15) is 5.01 Å². The second kappa shape index (κ2) is 7.35. The van der Waals surface area contributed by atoms with E-state index in [2.05, 4.69) is 33.9 Å². The van der Waals surface area contributed by atoms with Crippen molar-refractivity contribution in [3.05, 3.63) is 27.4 Å². The van der Waals surface area contributed by atoms with Crippen molar-refractivity contribution >= 4 is 33.7 Å². The lowest BCUT2D eigenvalue weighted by molar-refractivity contribution is -0.116. The van der Waals surface area contributed by atoms with Crippen molar-refractivity contribution in [2.45, 2.75) is 39.0 Å². The Morgan fingerprint density at radius 1 is 1.37 bits per heavy atom. The molecule has 0 aliphatic carbocycles. The first-order valence-electron chi connectivity index (χ1n) is 6.42. The third kappa shape index (κ3) is 4.72. The van der Waals surface area contributed by atoms with Crippen molar-refractivity contribution in [3.8, 4) is 0 Å². The molecule has 0 radical (unpaired) electrons. The summed E-state index contributed by atoms with van der Waals surface area (Å²) in [7, 11) is 0. The smallest absolute Gasteiger partial charge is 0.226 e. The summed E-state index contributed by atoms with van der Waals surface area (Å²) in [6.45, 7) is 2.10. The van der Waals surface area contributed by atoms with Crippen LogP contribution in [0.15, 0.2) is 17.5 Å². The van der Waals surface area contributed by atoms with Crippen LogP contribution in [0.2, 0.25) is 0 Å². The summed E-state index contributed by atoms with van der Waals surface area (Å²) in [5.74, 6) is 0.0238. The van der Waals surface area contributed by atoms with Crippen LogP contribution in [0.5, 0.6) is 0 Å². The van der Waals surface area contributed by atoms with Crippen LogP contribution in [0.4, 0.5) is 5.13 Å². The molecular weight excluding hydrogens is 278 g/mol. The zero-order valence-corrected chi connectivity index (χ0v) is 12.5. The van der Waals surface area contributed by atoms with Crippen molar-refractivity contribution < 1.29 is 4.79 Å². The fourth-order valence-electron chi connectivity index (χ4n) is 1.68. The molecule has 102 valence electrons. The van der Waals surface area contributed by atoms with Gasteiger partial charge in [-0.15, -0.1) is 21.5 Å². The van der Waals surface area contributed by atoms with Crippen molar-refractivity contribution in [2.24, 2.45) is 0 Å². The SMILES string of the molecule is CCCc1nnc(NC(=O)CCCc2cccs2)s1. The number of amides is 1. The minimum absolute atomic E-state index is 0.0238. The molecule has 1 amide bonds. The topological polar surface area (TPSA) is 54.9 Å². The first-order valence-corrected chi connectivity index (χ1v) is 8.12. The Bertz CT molecular complexity index is 508. The molecule has 19 heavy (non-hydrogen) atoms. The van der Waals surface area contributed by atoms with Crippen molar-refractivity contribution in [1.29, 1.82) is 0 Å². The maximum absolute atomic E-state index is 11.7. The second-order valence-electron chi connectivity index (χ2n) is 4.23. The number of rotatable bonds is 7. The van der Waals surface area contributed by atoms with Gasteiger partial charge in [0, 0.05) is 17.7 Å². The third-order valence-corrected chi connectivity index (χ3v) is 4.42. The van der Waals surface area contributed by atoms with Gasteiger partial charge in [0.05, 0.1) is 0 Å². The second-order valence-corrected chi connectivity index (χ2v) is 6.33. The van der Waals surface area contributed by atoms with Gasteiger partial charge in [-0.05, 0) is 30.7 Å². The zero-order valence-electron chi connectivity index (χ0n) is 10.9. The molecule has 0 aromatic carbocycles. The van der Waals surface area contributed by atoms with Gasteiger partial charge in [-0.3, -0.25) is 4.79 Å². The summed E-state index contributed by atoms with van der Waals surface area (Å²) in [4.78, 5) is 13.1. The molecule has 0 saturated carbocycles. The van der Waals surface area contributed by atoms with Crippen LogP contribution < -0.4 is 5.32 Å². The number of nitrogens with one attached hydrogen (secondary N) is 1. The Hall–Kier alpha value is -1.27. The fraction of sp³-hybridized carbons (Fsp3) is 0.462. The van der Waals surface area contributed by atoms with Gasteiger partial charge in [-0.25, -0.2) is 0 Å². The number of nitrogens with zero attached hydrogens (tertiary/aromatic N) is 2. The summed E-state index contributed by atoms with van der Waals surface area (Å²) in [5, 5.41) is 14.5. The van der Waals surface area contributed by atoms with Gasteiger partial charge in [0.25, 0.3) is 0 Å². The predicted octanol–water partition coefficient (Wildman–Crippen LogP) is 3.51. The molecule has 0 fully saturated rings. The van der Waals surface area contributed by atoms with Crippen molar-refractivity contribution in [2.75, 3.05) is 5.32 Å². The van der Waals surface area contributed by atoms with Gasteiger partial charge in [-0.2, -0.15) is 0 Å². The highest BCUT2D eigenvalue weighted by atomic mass is 32.1. The van der Waals surface area contributed by atoms with Crippen LogP contribution in [0.1, 0.15) is 36.1 Å². The quantitative estimate of drug-likeness (QED) is 0.850. The van der Waals surface area contributed by atoms with Gasteiger partial charge >= 0.3 is 0 Å². The van der Waals surface area contributed by atoms with Gasteiger partial charge in [-0.1, -0.05) is 24.3 Å². The van der Waals surface area contributed by atoms with E-state index in [1.807, 2.05) is 6.07 Å². The van der Waals surface area contributed by atoms with Crippen LogP contribution in [-0.2, 0) is 17.6 Å². The van der Waals surface area contributed by atoms with Gasteiger partial charge in [0.2, 0.25) is 11.0 Å². The molecule has 0 saturated heterocycles. The van der Waals surface area contributed by atoms with E-state index in [4.69, 9.17) is 0 Å². The van der Waals surface area contributed by atoms with Crippen LogP contribution in [0.3, 0.4) is 0 Å². The standard InChI is InChI=1S/C13H17N3OS2/c1-2-5-12-15-16-13(19-12)14-11(17)8-3-6-10-7-4-9-18-10/h4,7,9H,2-3,5-6,8H2,1H3,(H,14,16,17). The number of aromatic nitrogens is 2. The molecule has 0 unspecified atom stereocenters. The molecule has 0 aliphatic heterocycles. The highest BCUT2D eigenvalue weighted by Gasteiger charge is 2.07. The largest absolute Gasteiger partial charge is 0.301 e. The molecular formula is C13H17N3OS2. The van der Waals surface area contributed by atoms with E-state index in [9.17, 15) is 4.79 Å². The van der Waals surface area contributed by atoms with E-state index in [1.54, 1.807) is 11.3 Å². The Kier molecular flexibility index (Phi) is 5.47. The molecule has 6 heteroatoms. The summed E-state index contributed by atoms with van der Waals surface area (Å²) >= 11 is 3.20. The van der Waals surface area contributed by atoms with Gasteiger partial charge in [0.15, 0.2) is 0 Å². The number of aryl methyl sites for hydroxylation is 2. The van der Waals surface area contributed by atoms with Gasteiger partial charge < -0.3 is 5.32 Å². The van der Waals surface area contributed by atoms with E-state index >= 15 is 0 Å². The Balaban J connectivity index is 1.71. The maximum Gasteiger partial charge on any atom is 0.226 e. The lowest BCUT2D eigenvalue weighted by Gasteiger charge is -2.00. The summed E-state index contributed by atoms with van der Waals surface area (Å²) < 4.78 is 0. The lowest BCUT2D eigenvalue weighted by Crippen LogP contribution is -2.11. The molecule has 2 heterocycles. The van der Waals surface area contributed by atoms with E-state index in [0.717, 1.165) is 30.7 Å². The van der Waals surface area contributed by atoms with E-state index in [-0.39, 0.29) is 5.91 Å². The highest BCUT2D eigenvalue weighted by molar-refractivity contribution is 7.15. The zero-order chi connectivity index (χ0) is 13.5. The Morgan fingerprint density at radius 2 is 2.26 bits per heavy atom. The molecule has 0 aliphatic rings. The number of thiophene rings is 1. The minimum atomic E-state index is 0.0238. The lowest BCUT2D eigenvalue weighted by atomic mass is 10.2. The van der Waals surface area contributed by atoms with Crippen LogP contribution in [0, 0.1) is 0 Å². The number of anilines is 1. The molecule has 2 aromatic heterocycles. The first kappa shape index (κ1) is 14.1. The Labute approximate surface area is 120 Å². The number of carbonyl (C=O) groups excluding carboxylic acids is 1. The van der Waals surface area contributed by atoms with E-state index < -0.39 is 0 Å². The molecule has 2 rings (SSSR count). The molecule has 4 nitrogen and oxygen atoms in total. The number of carbonyl (C=O) groups is 1.